The van der Waals surface area contributed by atoms with Gasteiger partial charge in [0.25, 0.3) is 6.01 Å². The normalized spacial score (nSPS) is 17.5. The first-order chi connectivity index (χ1) is 14.6. The fourth-order valence-electron chi connectivity index (χ4n) is 4.00. The molecule has 1 fully saturated rings. The highest BCUT2D eigenvalue weighted by Crippen LogP contribution is 2.30. The Labute approximate surface area is 179 Å². The fourth-order valence-corrected chi connectivity index (χ4v) is 4.17. The average Bonchev–Trinajstić information content (AvgIpc) is 3.36. The van der Waals surface area contributed by atoms with Crippen molar-refractivity contribution < 1.29 is 4.42 Å². The molecule has 8 heteroatoms. The number of halogens is 1. The van der Waals surface area contributed by atoms with Gasteiger partial charge in [0.1, 0.15) is 11.2 Å². The maximum Gasteiger partial charge on any atom is 0.298 e. The van der Waals surface area contributed by atoms with Gasteiger partial charge < -0.3 is 14.2 Å². The number of aryl methyl sites for hydroxylation is 1. The summed E-state index contributed by atoms with van der Waals surface area (Å²) in [6.07, 6.45) is 4.40. The zero-order valence-electron chi connectivity index (χ0n) is 17.0. The monoisotopic (exact) mass is 422 g/mol. The van der Waals surface area contributed by atoms with Crippen LogP contribution in [0.1, 0.15) is 18.9 Å². The van der Waals surface area contributed by atoms with Crippen molar-refractivity contribution in [3.8, 4) is 5.69 Å². The van der Waals surface area contributed by atoms with Crippen LogP contribution in [0.2, 0.25) is 5.02 Å². The first-order valence-corrected chi connectivity index (χ1v) is 10.5. The Kier molecular flexibility index (Phi) is 4.83. The van der Waals surface area contributed by atoms with E-state index in [1.165, 1.54) is 5.56 Å². The summed E-state index contributed by atoms with van der Waals surface area (Å²) in [4.78, 5) is 11.0. The van der Waals surface area contributed by atoms with Crippen LogP contribution in [0.25, 0.3) is 16.8 Å². The van der Waals surface area contributed by atoms with E-state index in [0.29, 0.717) is 17.1 Å². The van der Waals surface area contributed by atoms with Gasteiger partial charge in [-0.25, -0.2) is 0 Å². The standard InChI is InChI=1S/C22H23ClN6O/c1-15-3-5-19(29-24-8-9-25-29)20(13-15)28-12-11-27(10-7-16(28)2)22-26-18-14-17(23)4-6-21(18)30-22/h3-6,8-9,13-14,16H,7,10-12H2,1-2H3/t16-/m1/s1. The third kappa shape index (κ3) is 3.50. The SMILES string of the molecule is Cc1ccc(-n2nccn2)c(N2CCN(c3nc4cc(Cl)ccc4o3)CC[C@H]2C)c1. The minimum atomic E-state index is 0.352. The molecule has 0 saturated carbocycles. The molecule has 0 aliphatic carbocycles. The summed E-state index contributed by atoms with van der Waals surface area (Å²) < 4.78 is 6.01. The van der Waals surface area contributed by atoms with Gasteiger partial charge in [0.2, 0.25) is 0 Å². The van der Waals surface area contributed by atoms with Crippen molar-refractivity contribution in [3.05, 3.63) is 59.4 Å². The number of rotatable bonds is 3. The van der Waals surface area contributed by atoms with Crippen LogP contribution in [0.4, 0.5) is 11.7 Å². The fraction of sp³-hybridized carbons (Fsp3) is 0.318. The predicted octanol–water partition coefficient (Wildman–Crippen LogP) is 4.48. The molecule has 5 rings (SSSR count). The summed E-state index contributed by atoms with van der Waals surface area (Å²) in [6.45, 7) is 6.91. The Balaban J connectivity index is 1.44. The van der Waals surface area contributed by atoms with Crippen LogP contribution < -0.4 is 9.80 Å². The Morgan fingerprint density at radius 3 is 2.67 bits per heavy atom. The molecule has 30 heavy (non-hydrogen) atoms. The maximum absolute atomic E-state index is 6.10. The van der Waals surface area contributed by atoms with Crippen molar-refractivity contribution in [1.29, 1.82) is 0 Å². The lowest BCUT2D eigenvalue weighted by molar-refractivity contribution is 0.567. The molecule has 2 aromatic carbocycles. The Morgan fingerprint density at radius 2 is 1.83 bits per heavy atom. The molecule has 0 radical (unpaired) electrons. The second-order valence-corrected chi connectivity index (χ2v) is 8.17. The molecule has 3 heterocycles. The zero-order chi connectivity index (χ0) is 20.7. The topological polar surface area (TPSA) is 63.2 Å². The van der Waals surface area contributed by atoms with E-state index in [1.54, 1.807) is 17.2 Å². The molecule has 0 bridgehead atoms. The van der Waals surface area contributed by atoms with Crippen molar-refractivity contribution in [1.82, 2.24) is 20.0 Å². The minimum Gasteiger partial charge on any atom is -0.423 e. The van der Waals surface area contributed by atoms with Gasteiger partial charge in [-0.3, -0.25) is 0 Å². The summed E-state index contributed by atoms with van der Waals surface area (Å²) in [5, 5.41) is 9.36. The molecule has 154 valence electrons. The molecule has 0 unspecified atom stereocenters. The third-order valence-corrected chi connectivity index (χ3v) is 5.88. The van der Waals surface area contributed by atoms with E-state index in [4.69, 9.17) is 16.0 Å². The van der Waals surface area contributed by atoms with E-state index in [0.717, 1.165) is 48.5 Å². The lowest BCUT2D eigenvalue weighted by atomic mass is 10.1. The molecule has 1 aliphatic heterocycles. The minimum absolute atomic E-state index is 0.352. The van der Waals surface area contributed by atoms with Crippen molar-refractivity contribution in [2.45, 2.75) is 26.3 Å². The summed E-state index contributed by atoms with van der Waals surface area (Å²) in [6, 6.07) is 12.9. The van der Waals surface area contributed by atoms with Crippen molar-refractivity contribution in [3.63, 3.8) is 0 Å². The smallest absolute Gasteiger partial charge is 0.298 e. The number of fused-ring (bicyclic) bond motifs is 1. The van der Waals surface area contributed by atoms with Crippen molar-refractivity contribution in [2.24, 2.45) is 0 Å². The van der Waals surface area contributed by atoms with Gasteiger partial charge in [-0.05, 0) is 56.2 Å². The van der Waals surface area contributed by atoms with Crippen LogP contribution in [0.3, 0.4) is 0 Å². The van der Waals surface area contributed by atoms with Crippen molar-refractivity contribution >= 4 is 34.4 Å². The van der Waals surface area contributed by atoms with Gasteiger partial charge in [-0.1, -0.05) is 17.7 Å². The molecule has 0 amide bonds. The Hall–Kier alpha value is -3.06. The van der Waals surface area contributed by atoms with E-state index in [9.17, 15) is 0 Å². The quantitative estimate of drug-likeness (QED) is 0.485. The van der Waals surface area contributed by atoms with Crippen LogP contribution in [-0.2, 0) is 0 Å². The highest BCUT2D eigenvalue weighted by Gasteiger charge is 2.26. The number of anilines is 2. The predicted molar refractivity (Wildman–Crippen MR) is 119 cm³/mol. The zero-order valence-corrected chi connectivity index (χ0v) is 17.8. The van der Waals surface area contributed by atoms with Crippen LogP contribution in [0, 0.1) is 6.92 Å². The van der Waals surface area contributed by atoms with Crippen LogP contribution in [0.15, 0.2) is 53.2 Å². The van der Waals surface area contributed by atoms with Gasteiger partial charge in [0, 0.05) is 30.7 Å². The number of hydrogen-bond donors (Lipinski definition) is 0. The highest BCUT2D eigenvalue weighted by atomic mass is 35.5. The number of hydrogen-bond acceptors (Lipinski definition) is 6. The van der Waals surface area contributed by atoms with Gasteiger partial charge in [-0.15, -0.1) is 4.80 Å². The van der Waals surface area contributed by atoms with Gasteiger partial charge in [0.05, 0.1) is 18.1 Å². The molecular weight excluding hydrogens is 400 g/mol. The van der Waals surface area contributed by atoms with Gasteiger partial charge in [0.15, 0.2) is 5.58 Å². The summed E-state index contributed by atoms with van der Waals surface area (Å²) in [5.74, 6) is 0. The first-order valence-electron chi connectivity index (χ1n) is 10.1. The van der Waals surface area contributed by atoms with Crippen LogP contribution in [-0.4, -0.2) is 45.7 Å². The number of aromatic nitrogens is 4. The average molecular weight is 423 g/mol. The Bertz CT molecular complexity index is 1170. The van der Waals surface area contributed by atoms with Crippen molar-refractivity contribution in [2.75, 3.05) is 29.4 Å². The highest BCUT2D eigenvalue weighted by molar-refractivity contribution is 6.31. The number of nitrogens with zero attached hydrogens (tertiary/aromatic N) is 6. The summed E-state index contributed by atoms with van der Waals surface area (Å²) >= 11 is 6.10. The second kappa shape index (κ2) is 7.65. The molecule has 1 atom stereocenters. The molecule has 7 nitrogen and oxygen atoms in total. The molecule has 0 N–H and O–H groups in total. The third-order valence-electron chi connectivity index (χ3n) is 5.64. The number of benzene rings is 2. The first kappa shape index (κ1) is 18.9. The van der Waals surface area contributed by atoms with E-state index >= 15 is 0 Å². The molecule has 1 aliphatic rings. The number of oxazole rings is 1. The van der Waals surface area contributed by atoms with Gasteiger partial charge >= 0.3 is 0 Å². The van der Waals surface area contributed by atoms with E-state index in [2.05, 4.69) is 57.0 Å². The van der Waals surface area contributed by atoms with Crippen LogP contribution >= 0.6 is 11.6 Å². The molecule has 2 aromatic heterocycles. The lowest BCUT2D eigenvalue weighted by Crippen LogP contribution is -2.35. The largest absolute Gasteiger partial charge is 0.423 e. The van der Waals surface area contributed by atoms with E-state index in [-0.39, 0.29) is 0 Å². The van der Waals surface area contributed by atoms with E-state index in [1.807, 2.05) is 18.2 Å². The maximum atomic E-state index is 6.10. The second-order valence-electron chi connectivity index (χ2n) is 7.74. The Morgan fingerprint density at radius 1 is 1.00 bits per heavy atom. The lowest BCUT2D eigenvalue weighted by Gasteiger charge is -2.30. The molecule has 0 spiro atoms. The summed E-state index contributed by atoms with van der Waals surface area (Å²) in [5.41, 5.74) is 4.89. The van der Waals surface area contributed by atoms with Gasteiger partial charge in [-0.2, -0.15) is 15.2 Å². The molecule has 1 saturated heterocycles. The molecular formula is C22H23ClN6O. The van der Waals surface area contributed by atoms with Crippen LogP contribution in [0.5, 0.6) is 0 Å². The van der Waals surface area contributed by atoms with E-state index < -0.39 is 0 Å². The summed E-state index contributed by atoms with van der Waals surface area (Å²) in [7, 11) is 0. The molecule has 4 aromatic rings.